The second kappa shape index (κ2) is 6.40. The van der Waals surface area contributed by atoms with Gasteiger partial charge in [-0.25, -0.2) is 0 Å². The fourth-order valence-electron chi connectivity index (χ4n) is 2.77. The average Bonchev–Trinajstić information content (AvgIpc) is 2.83. The molecule has 0 aliphatic carbocycles. The Hall–Kier alpha value is -1.06. The van der Waals surface area contributed by atoms with Gasteiger partial charge in [-0.3, -0.25) is 0 Å². The van der Waals surface area contributed by atoms with Gasteiger partial charge < -0.3 is 15.3 Å². The Morgan fingerprint density at radius 3 is 2.89 bits per heavy atom. The standard InChI is InChI=1S/C16H26N2O/c1-12(2)18-8-7-14(11-18)9-17-10-15-6-4-5-13(3)16(15)19/h4-6,12,14,17,19H,7-11H2,1-3H3. The van der Waals surface area contributed by atoms with Crippen LogP contribution in [0.25, 0.3) is 0 Å². The van der Waals surface area contributed by atoms with Crippen LogP contribution in [0.1, 0.15) is 31.4 Å². The van der Waals surface area contributed by atoms with Gasteiger partial charge >= 0.3 is 0 Å². The zero-order valence-electron chi connectivity index (χ0n) is 12.3. The third-order valence-corrected chi connectivity index (χ3v) is 4.12. The molecule has 0 aromatic heterocycles. The van der Waals surface area contributed by atoms with Crippen LogP contribution in [-0.4, -0.2) is 35.7 Å². The lowest BCUT2D eigenvalue weighted by Gasteiger charge is -2.20. The Bertz CT molecular complexity index is 417. The fourth-order valence-corrected chi connectivity index (χ4v) is 2.77. The molecule has 0 bridgehead atoms. The number of aromatic hydroxyl groups is 1. The molecule has 1 unspecified atom stereocenters. The minimum Gasteiger partial charge on any atom is -0.507 e. The number of benzene rings is 1. The minimum atomic E-state index is 0.435. The summed E-state index contributed by atoms with van der Waals surface area (Å²) in [6.45, 7) is 10.7. The third-order valence-electron chi connectivity index (χ3n) is 4.12. The van der Waals surface area contributed by atoms with E-state index in [9.17, 15) is 5.11 Å². The molecule has 1 aliphatic rings. The van der Waals surface area contributed by atoms with Crippen molar-refractivity contribution in [1.82, 2.24) is 10.2 Å². The maximum absolute atomic E-state index is 9.96. The lowest BCUT2D eigenvalue weighted by atomic mass is 10.1. The highest BCUT2D eigenvalue weighted by molar-refractivity contribution is 5.39. The highest BCUT2D eigenvalue weighted by Crippen LogP contribution is 2.22. The van der Waals surface area contributed by atoms with Crippen LogP contribution in [-0.2, 0) is 6.54 Å². The number of rotatable bonds is 5. The summed E-state index contributed by atoms with van der Waals surface area (Å²) < 4.78 is 0. The Morgan fingerprint density at radius 2 is 2.21 bits per heavy atom. The van der Waals surface area contributed by atoms with E-state index in [1.807, 2.05) is 25.1 Å². The quantitative estimate of drug-likeness (QED) is 0.856. The summed E-state index contributed by atoms with van der Waals surface area (Å²) in [5.74, 6) is 1.18. The van der Waals surface area contributed by atoms with Gasteiger partial charge in [-0.2, -0.15) is 0 Å². The van der Waals surface area contributed by atoms with E-state index in [0.717, 1.165) is 30.1 Å². The van der Waals surface area contributed by atoms with E-state index in [1.54, 1.807) is 0 Å². The first-order valence-corrected chi connectivity index (χ1v) is 7.30. The van der Waals surface area contributed by atoms with Crippen LogP contribution in [0.15, 0.2) is 18.2 Å². The maximum Gasteiger partial charge on any atom is 0.122 e. The predicted octanol–water partition coefficient (Wildman–Crippen LogP) is 2.52. The van der Waals surface area contributed by atoms with Crippen molar-refractivity contribution in [3.63, 3.8) is 0 Å². The molecule has 1 saturated heterocycles. The first-order valence-electron chi connectivity index (χ1n) is 7.30. The molecule has 0 radical (unpaired) electrons. The smallest absolute Gasteiger partial charge is 0.122 e. The van der Waals surface area contributed by atoms with E-state index >= 15 is 0 Å². The zero-order valence-corrected chi connectivity index (χ0v) is 12.3. The number of phenolic OH excluding ortho intramolecular Hbond substituents is 1. The number of aryl methyl sites for hydroxylation is 1. The highest BCUT2D eigenvalue weighted by atomic mass is 16.3. The molecule has 1 aromatic rings. The van der Waals surface area contributed by atoms with Crippen LogP contribution in [0.4, 0.5) is 0 Å². The van der Waals surface area contributed by atoms with Crippen LogP contribution in [0, 0.1) is 12.8 Å². The number of nitrogens with one attached hydrogen (secondary N) is 1. The first kappa shape index (κ1) is 14.4. The molecule has 0 spiro atoms. The lowest BCUT2D eigenvalue weighted by Crippen LogP contribution is -2.30. The van der Waals surface area contributed by atoms with Crippen LogP contribution >= 0.6 is 0 Å². The van der Waals surface area contributed by atoms with E-state index in [0.29, 0.717) is 11.8 Å². The largest absolute Gasteiger partial charge is 0.507 e. The Labute approximate surface area is 116 Å². The fraction of sp³-hybridized carbons (Fsp3) is 0.625. The zero-order chi connectivity index (χ0) is 13.8. The van der Waals surface area contributed by atoms with Gasteiger partial charge in [0.2, 0.25) is 0 Å². The van der Waals surface area contributed by atoms with Crippen molar-refractivity contribution >= 4 is 0 Å². The summed E-state index contributed by atoms with van der Waals surface area (Å²) in [4.78, 5) is 2.54. The van der Waals surface area contributed by atoms with Gasteiger partial charge in [0.05, 0.1) is 0 Å². The Morgan fingerprint density at radius 1 is 1.42 bits per heavy atom. The molecule has 2 N–H and O–H groups in total. The van der Waals surface area contributed by atoms with E-state index < -0.39 is 0 Å². The second-order valence-corrected chi connectivity index (χ2v) is 5.96. The maximum atomic E-state index is 9.96. The average molecular weight is 262 g/mol. The van der Waals surface area contributed by atoms with Crippen molar-refractivity contribution in [2.75, 3.05) is 19.6 Å². The first-order chi connectivity index (χ1) is 9.08. The number of phenols is 1. The van der Waals surface area contributed by atoms with Gasteiger partial charge in [0, 0.05) is 24.7 Å². The van der Waals surface area contributed by atoms with Crippen LogP contribution in [0.2, 0.25) is 0 Å². The van der Waals surface area contributed by atoms with E-state index in [4.69, 9.17) is 0 Å². The molecule has 3 heteroatoms. The Balaban J connectivity index is 1.77. The molecular weight excluding hydrogens is 236 g/mol. The molecule has 1 heterocycles. The molecule has 19 heavy (non-hydrogen) atoms. The molecule has 2 rings (SSSR count). The summed E-state index contributed by atoms with van der Waals surface area (Å²) in [6, 6.07) is 6.59. The van der Waals surface area contributed by atoms with Crippen LogP contribution in [0.3, 0.4) is 0 Å². The van der Waals surface area contributed by atoms with Crippen molar-refractivity contribution in [3.05, 3.63) is 29.3 Å². The predicted molar refractivity (Wildman–Crippen MR) is 79.4 cm³/mol. The molecular formula is C16H26N2O. The van der Waals surface area contributed by atoms with Crippen molar-refractivity contribution in [1.29, 1.82) is 0 Å². The van der Waals surface area contributed by atoms with Gasteiger partial charge in [0.15, 0.2) is 0 Å². The number of hydrogen-bond acceptors (Lipinski definition) is 3. The van der Waals surface area contributed by atoms with Crippen molar-refractivity contribution in [3.8, 4) is 5.75 Å². The van der Waals surface area contributed by atoms with Gasteiger partial charge in [-0.1, -0.05) is 18.2 Å². The monoisotopic (exact) mass is 262 g/mol. The molecule has 1 fully saturated rings. The third kappa shape index (κ3) is 3.71. The molecule has 1 atom stereocenters. The van der Waals surface area contributed by atoms with Gasteiger partial charge in [-0.05, 0) is 51.8 Å². The molecule has 106 valence electrons. The normalized spacial score (nSPS) is 20.3. The number of nitrogens with zero attached hydrogens (tertiary/aromatic N) is 1. The van der Waals surface area contributed by atoms with Crippen molar-refractivity contribution in [2.45, 2.75) is 39.8 Å². The van der Waals surface area contributed by atoms with E-state index in [1.165, 1.54) is 19.5 Å². The summed E-state index contributed by atoms with van der Waals surface area (Å²) in [5, 5.41) is 13.4. The summed E-state index contributed by atoms with van der Waals surface area (Å²) in [5.41, 5.74) is 1.95. The number of para-hydroxylation sites is 1. The molecule has 0 amide bonds. The summed E-state index contributed by atoms with van der Waals surface area (Å²) in [6.07, 6.45) is 1.28. The van der Waals surface area contributed by atoms with Crippen molar-refractivity contribution < 1.29 is 5.11 Å². The highest BCUT2D eigenvalue weighted by Gasteiger charge is 2.23. The van der Waals surface area contributed by atoms with E-state index in [-0.39, 0.29) is 0 Å². The molecule has 0 saturated carbocycles. The number of likely N-dealkylation sites (tertiary alicyclic amines) is 1. The van der Waals surface area contributed by atoms with E-state index in [2.05, 4.69) is 24.1 Å². The lowest BCUT2D eigenvalue weighted by molar-refractivity contribution is 0.264. The van der Waals surface area contributed by atoms with Gasteiger partial charge in [-0.15, -0.1) is 0 Å². The SMILES string of the molecule is Cc1cccc(CNCC2CCN(C(C)C)C2)c1O. The Kier molecular flexibility index (Phi) is 4.83. The summed E-state index contributed by atoms with van der Waals surface area (Å²) >= 11 is 0. The van der Waals surface area contributed by atoms with Gasteiger partial charge in [0.25, 0.3) is 0 Å². The molecule has 3 nitrogen and oxygen atoms in total. The minimum absolute atomic E-state index is 0.435. The van der Waals surface area contributed by atoms with Crippen LogP contribution in [0.5, 0.6) is 5.75 Å². The van der Waals surface area contributed by atoms with Crippen molar-refractivity contribution in [2.24, 2.45) is 5.92 Å². The second-order valence-electron chi connectivity index (χ2n) is 5.96. The van der Waals surface area contributed by atoms with Gasteiger partial charge in [0.1, 0.15) is 5.75 Å². The van der Waals surface area contributed by atoms with Crippen LogP contribution < -0.4 is 5.32 Å². The summed E-state index contributed by atoms with van der Waals surface area (Å²) in [7, 11) is 0. The molecule has 1 aliphatic heterocycles. The molecule has 1 aromatic carbocycles. The number of hydrogen-bond donors (Lipinski definition) is 2. The topological polar surface area (TPSA) is 35.5 Å².